The molecule has 0 aliphatic rings. The van der Waals surface area contributed by atoms with Crippen LogP contribution in [0.3, 0.4) is 0 Å². The highest BCUT2D eigenvalue weighted by Gasteiger charge is 2.08. The van der Waals surface area contributed by atoms with Crippen LogP contribution < -0.4 is 5.32 Å². The molecule has 0 spiro atoms. The van der Waals surface area contributed by atoms with E-state index in [1.54, 1.807) is 11.8 Å². The third-order valence-electron chi connectivity index (χ3n) is 3.76. The Morgan fingerprint density at radius 2 is 1.70 bits per heavy atom. The van der Waals surface area contributed by atoms with Crippen LogP contribution in [0.2, 0.25) is 0 Å². The summed E-state index contributed by atoms with van der Waals surface area (Å²) in [6.45, 7) is 0. The zero-order chi connectivity index (χ0) is 20.1. The van der Waals surface area contributed by atoms with Gasteiger partial charge in [-0.3, -0.25) is 9.59 Å². The number of unbranched alkanes of at least 4 members (excludes halogenated alkanes) is 4. The molecule has 1 rings (SSSR count). The van der Waals surface area contributed by atoms with Crippen LogP contribution in [-0.4, -0.2) is 37.3 Å². The molecular formula is C18H27NO5S3. The van der Waals surface area contributed by atoms with Crippen LogP contribution in [0.5, 0.6) is 0 Å². The van der Waals surface area contributed by atoms with E-state index in [0.717, 1.165) is 42.0 Å². The molecule has 1 unspecified atom stereocenters. The van der Waals surface area contributed by atoms with Crippen molar-refractivity contribution in [3.05, 3.63) is 24.3 Å². The summed E-state index contributed by atoms with van der Waals surface area (Å²) in [5.41, 5.74) is 0.771. The number of para-hydroxylation sites is 1. The third-order valence-corrected chi connectivity index (χ3v) is 6.22. The Morgan fingerprint density at radius 1 is 1.04 bits per heavy atom. The molecule has 1 aromatic rings. The average Bonchev–Trinajstić information content (AvgIpc) is 2.58. The predicted molar refractivity (Wildman–Crippen MR) is 113 cm³/mol. The Balaban J connectivity index is 2.31. The first-order valence-corrected chi connectivity index (χ1v) is 12.6. The van der Waals surface area contributed by atoms with Crippen molar-refractivity contribution in [3.8, 4) is 0 Å². The highest BCUT2D eigenvalue weighted by Crippen LogP contribution is 2.28. The molecule has 0 aliphatic heterocycles. The molecule has 0 aliphatic carbocycles. The second kappa shape index (κ2) is 13.1. The zero-order valence-electron chi connectivity index (χ0n) is 15.2. The lowest BCUT2D eigenvalue weighted by molar-refractivity contribution is -0.137. The van der Waals surface area contributed by atoms with E-state index in [-0.39, 0.29) is 18.1 Å². The minimum absolute atomic E-state index is 0.0487. The molecule has 1 atom stereocenters. The molecule has 152 valence electrons. The molecule has 6 nitrogen and oxygen atoms in total. The Morgan fingerprint density at radius 3 is 2.37 bits per heavy atom. The van der Waals surface area contributed by atoms with E-state index in [0.29, 0.717) is 19.3 Å². The molecule has 0 aromatic heterocycles. The van der Waals surface area contributed by atoms with Crippen LogP contribution in [0.1, 0.15) is 51.4 Å². The van der Waals surface area contributed by atoms with Gasteiger partial charge in [0.05, 0.1) is 5.69 Å². The minimum atomic E-state index is -3.07. The molecule has 27 heavy (non-hydrogen) atoms. The highest BCUT2D eigenvalue weighted by atomic mass is 32.8. The van der Waals surface area contributed by atoms with Gasteiger partial charge in [0.25, 0.3) is 0 Å². The summed E-state index contributed by atoms with van der Waals surface area (Å²) in [6.07, 6.45) is 5.01. The van der Waals surface area contributed by atoms with E-state index in [1.807, 2.05) is 24.3 Å². The van der Waals surface area contributed by atoms with Gasteiger partial charge in [-0.25, -0.2) is 4.21 Å². The Hall–Kier alpha value is -1.16. The first-order valence-electron chi connectivity index (χ1n) is 8.96. The monoisotopic (exact) mass is 433 g/mol. The molecule has 9 heteroatoms. The van der Waals surface area contributed by atoms with Crippen molar-refractivity contribution in [3.63, 3.8) is 0 Å². The van der Waals surface area contributed by atoms with Crippen LogP contribution in [-0.2, 0) is 29.6 Å². The van der Waals surface area contributed by atoms with Crippen molar-refractivity contribution in [1.82, 2.24) is 0 Å². The molecule has 0 radical (unpaired) electrons. The number of hydrogen-bond donors (Lipinski definition) is 3. The number of benzene rings is 1. The summed E-state index contributed by atoms with van der Waals surface area (Å²) in [6, 6.07) is 7.57. The Bertz CT molecular complexity index is 707. The number of aliphatic carboxylic acids is 1. The predicted octanol–water partition coefficient (Wildman–Crippen LogP) is 4.14. The maximum absolute atomic E-state index is 12.1. The van der Waals surface area contributed by atoms with Crippen LogP contribution in [0, 0.1) is 0 Å². The van der Waals surface area contributed by atoms with Gasteiger partial charge in [-0.15, -0.1) is 11.8 Å². The summed E-state index contributed by atoms with van der Waals surface area (Å²) in [5.74, 6) is 0.0815. The number of rotatable bonds is 14. The molecule has 1 aromatic carbocycles. The molecule has 0 saturated heterocycles. The number of hydrogen-bond acceptors (Lipinski definition) is 5. The van der Waals surface area contributed by atoms with Crippen LogP contribution in [0.15, 0.2) is 29.2 Å². The van der Waals surface area contributed by atoms with Crippen LogP contribution in [0.25, 0.3) is 0 Å². The van der Waals surface area contributed by atoms with Crippen LogP contribution in [0.4, 0.5) is 5.69 Å². The van der Waals surface area contributed by atoms with Crippen molar-refractivity contribution in [2.45, 2.75) is 56.3 Å². The lowest BCUT2D eigenvalue weighted by atomic mass is 10.1. The van der Waals surface area contributed by atoms with Crippen molar-refractivity contribution < 1.29 is 23.5 Å². The quantitative estimate of drug-likeness (QED) is 0.299. The smallest absolute Gasteiger partial charge is 0.303 e. The number of carboxylic acid groups (broad SMARTS) is 1. The zero-order valence-corrected chi connectivity index (χ0v) is 17.7. The van der Waals surface area contributed by atoms with Gasteiger partial charge in [0, 0.05) is 34.7 Å². The number of carboxylic acids is 1. The Kier molecular flexibility index (Phi) is 11.6. The average molecular weight is 434 g/mol. The van der Waals surface area contributed by atoms with Crippen molar-refractivity contribution in [2.75, 3.05) is 16.8 Å². The summed E-state index contributed by atoms with van der Waals surface area (Å²) >= 11 is 6.07. The van der Waals surface area contributed by atoms with Gasteiger partial charge in [-0.05, 0) is 43.6 Å². The number of carbonyl (C=O) groups excluding carboxylic acids is 1. The van der Waals surface area contributed by atoms with Gasteiger partial charge in [0.15, 0.2) is 0 Å². The fourth-order valence-electron chi connectivity index (χ4n) is 2.39. The first kappa shape index (κ1) is 23.9. The summed E-state index contributed by atoms with van der Waals surface area (Å²) in [4.78, 5) is 23.5. The molecule has 1 amide bonds. The second-order valence-electron chi connectivity index (χ2n) is 6.19. The Labute approximate surface area is 170 Å². The maximum Gasteiger partial charge on any atom is 0.303 e. The number of amides is 1. The van der Waals surface area contributed by atoms with Gasteiger partial charge in [-0.2, -0.15) is 0 Å². The van der Waals surface area contributed by atoms with Crippen molar-refractivity contribution in [1.29, 1.82) is 0 Å². The second-order valence-corrected chi connectivity index (χ2v) is 10.5. The number of carbonyl (C=O) groups is 2. The number of thioether (sulfide) groups is 1. The van der Waals surface area contributed by atoms with E-state index >= 15 is 0 Å². The highest BCUT2D eigenvalue weighted by molar-refractivity contribution is 8.29. The fraction of sp³-hybridized carbons (Fsp3) is 0.556. The fourth-order valence-corrected chi connectivity index (χ4v) is 4.33. The SMILES string of the molecule is O=C(O)CCCCCCC(=O)Nc1ccccc1SCCCCS(=O)(O)=S. The molecular weight excluding hydrogens is 406 g/mol. The normalized spacial score (nSPS) is 13.1. The van der Waals surface area contributed by atoms with Crippen LogP contribution >= 0.6 is 11.8 Å². The number of anilines is 1. The first-order chi connectivity index (χ1) is 12.8. The van der Waals surface area contributed by atoms with Gasteiger partial charge >= 0.3 is 5.97 Å². The third kappa shape index (κ3) is 12.8. The van der Waals surface area contributed by atoms with E-state index in [2.05, 4.69) is 16.5 Å². The van der Waals surface area contributed by atoms with Gasteiger partial charge < -0.3 is 15.0 Å². The van der Waals surface area contributed by atoms with Gasteiger partial charge in [-0.1, -0.05) is 25.0 Å². The van der Waals surface area contributed by atoms with Gasteiger partial charge in [0.2, 0.25) is 5.91 Å². The molecule has 0 saturated carbocycles. The lowest BCUT2D eigenvalue weighted by Gasteiger charge is -2.11. The molecule has 0 fully saturated rings. The maximum atomic E-state index is 12.1. The summed E-state index contributed by atoms with van der Waals surface area (Å²) in [7, 11) is -3.07. The lowest BCUT2D eigenvalue weighted by Crippen LogP contribution is -2.11. The molecule has 0 heterocycles. The largest absolute Gasteiger partial charge is 0.481 e. The van der Waals surface area contributed by atoms with E-state index in [1.165, 1.54) is 0 Å². The standard InChI is InChI=1S/C18H27NO5S3/c20-17(11-3-1-2-4-12-18(21)22)19-15-9-5-6-10-16(15)26-13-7-8-14-27(23,24)25/h5-6,9-10H,1-4,7-8,11-14H2,(H,19,20)(H,21,22)(H,23,24,25). The van der Waals surface area contributed by atoms with E-state index in [4.69, 9.17) is 9.66 Å². The molecule has 0 bridgehead atoms. The van der Waals surface area contributed by atoms with E-state index in [9.17, 15) is 13.8 Å². The van der Waals surface area contributed by atoms with Crippen molar-refractivity contribution >= 4 is 49.3 Å². The summed E-state index contributed by atoms with van der Waals surface area (Å²) < 4.78 is 20.1. The summed E-state index contributed by atoms with van der Waals surface area (Å²) in [5, 5.41) is 11.5. The van der Waals surface area contributed by atoms with Crippen molar-refractivity contribution in [2.24, 2.45) is 0 Å². The van der Waals surface area contributed by atoms with Gasteiger partial charge in [0.1, 0.15) is 8.77 Å². The molecule has 3 N–H and O–H groups in total. The topological polar surface area (TPSA) is 104 Å². The minimum Gasteiger partial charge on any atom is -0.481 e. The number of nitrogens with one attached hydrogen (secondary N) is 1. The van der Waals surface area contributed by atoms with E-state index < -0.39 is 14.7 Å².